The Kier molecular flexibility index (Phi) is 7.27. The second-order valence-corrected chi connectivity index (χ2v) is 7.33. The molecule has 30 heavy (non-hydrogen) atoms. The van der Waals surface area contributed by atoms with Gasteiger partial charge in [0.25, 0.3) is 0 Å². The van der Waals surface area contributed by atoms with Gasteiger partial charge in [-0.1, -0.05) is 35.9 Å². The molecule has 154 valence electrons. The fraction of sp³-hybridized carbons (Fsp3) is 0.250. The van der Waals surface area contributed by atoms with Crippen LogP contribution in [0.2, 0.25) is 0 Å². The Balaban J connectivity index is 1.81. The molecule has 2 heterocycles. The van der Waals surface area contributed by atoms with E-state index in [0.29, 0.717) is 13.1 Å². The quantitative estimate of drug-likeness (QED) is 0.625. The normalized spacial score (nSPS) is 11.5. The van der Waals surface area contributed by atoms with Crippen LogP contribution in [0.3, 0.4) is 0 Å². The van der Waals surface area contributed by atoms with Gasteiger partial charge in [-0.3, -0.25) is 19.6 Å². The van der Waals surface area contributed by atoms with Gasteiger partial charge in [0.1, 0.15) is 0 Å². The van der Waals surface area contributed by atoms with Crippen LogP contribution in [-0.2, 0) is 22.7 Å². The summed E-state index contributed by atoms with van der Waals surface area (Å²) in [5.41, 5.74) is 3.98. The molecular weight excluding hydrogens is 376 g/mol. The number of hydrogen-bond acceptors (Lipinski definition) is 4. The zero-order valence-corrected chi connectivity index (χ0v) is 17.3. The summed E-state index contributed by atoms with van der Waals surface area (Å²) in [7, 11) is 0. The van der Waals surface area contributed by atoms with Crippen LogP contribution in [0.4, 0.5) is 0 Å². The van der Waals surface area contributed by atoms with E-state index >= 15 is 0 Å². The topological polar surface area (TPSA) is 75.2 Å². The van der Waals surface area contributed by atoms with Crippen molar-refractivity contribution < 1.29 is 9.59 Å². The van der Waals surface area contributed by atoms with Crippen LogP contribution in [0.25, 0.3) is 0 Å². The van der Waals surface area contributed by atoms with Gasteiger partial charge in [-0.2, -0.15) is 0 Å². The molecule has 0 fully saturated rings. The molecule has 6 heteroatoms. The number of nitrogens with zero attached hydrogens (tertiary/aromatic N) is 3. The van der Waals surface area contributed by atoms with Gasteiger partial charge in [0.15, 0.2) is 0 Å². The van der Waals surface area contributed by atoms with Crippen molar-refractivity contribution in [2.75, 3.05) is 0 Å². The number of amides is 2. The summed E-state index contributed by atoms with van der Waals surface area (Å²) >= 11 is 0. The van der Waals surface area contributed by atoms with Gasteiger partial charge in [-0.05, 0) is 41.8 Å². The molecule has 1 unspecified atom stereocenters. The summed E-state index contributed by atoms with van der Waals surface area (Å²) in [5.74, 6) is -0.212. The lowest BCUT2D eigenvalue weighted by Gasteiger charge is -2.26. The third kappa shape index (κ3) is 6.24. The third-order valence-corrected chi connectivity index (χ3v) is 4.81. The number of benzene rings is 1. The van der Waals surface area contributed by atoms with E-state index in [1.54, 1.807) is 29.7 Å². The predicted octanol–water partition coefficient (Wildman–Crippen LogP) is 3.58. The molecule has 2 aromatic heterocycles. The van der Waals surface area contributed by atoms with Crippen molar-refractivity contribution in [1.82, 2.24) is 20.2 Å². The lowest BCUT2D eigenvalue weighted by molar-refractivity contribution is -0.133. The van der Waals surface area contributed by atoms with Crippen molar-refractivity contribution in [3.8, 4) is 0 Å². The maximum Gasteiger partial charge on any atom is 0.225 e. The van der Waals surface area contributed by atoms with E-state index in [1.807, 2.05) is 55.5 Å². The molecule has 6 nitrogen and oxygen atoms in total. The van der Waals surface area contributed by atoms with E-state index in [0.717, 1.165) is 22.3 Å². The number of hydrogen-bond donors (Lipinski definition) is 1. The van der Waals surface area contributed by atoms with Crippen molar-refractivity contribution >= 4 is 11.8 Å². The Morgan fingerprint density at radius 1 is 0.933 bits per heavy atom. The van der Waals surface area contributed by atoms with Gasteiger partial charge in [0.2, 0.25) is 11.8 Å². The Labute approximate surface area is 177 Å². The molecule has 0 radical (unpaired) electrons. The van der Waals surface area contributed by atoms with Crippen LogP contribution in [0.1, 0.15) is 41.6 Å². The molecule has 1 aromatic carbocycles. The van der Waals surface area contributed by atoms with E-state index in [9.17, 15) is 9.59 Å². The van der Waals surface area contributed by atoms with Crippen molar-refractivity contribution in [1.29, 1.82) is 0 Å². The van der Waals surface area contributed by atoms with E-state index in [1.165, 1.54) is 6.92 Å². The molecule has 0 aliphatic carbocycles. The number of pyridine rings is 2. The first kappa shape index (κ1) is 21.2. The third-order valence-electron chi connectivity index (χ3n) is 4.81. The summed E-state index contributed by atoms with van der Waals surface area (Å²) in [6, 6.07) is 15.1. The van der Waals surface area contributed by atoms with Crippen LogP contribution in [0.5, 0.6) is 0 Å². The molecule has 1 N–H and O–H groups in total. The molecule has 2 amide bonds. The van der Waals surface area contributed by atoms with Crippen LogP contribution < -0.4 is 5.32 Å². The maximum absolute atomic E-state index is 13.3. The Bertz CT molecular complexity index is 918. The second kappa shape index (κ2) is 10.3. The minimum Gasteiger partial charge on any atom is -0.349 e. The van der Waals surface area contributed by atoms with Crippen LogP contribution in [0.15, 0.2) is 73.3 Å². The highest BCUT2D eigenvalue weighted by atomic mass is 16.2. The number of rotatable bonds is 8. The van der Waals surface area contributed by atoms with Crippen LogP contribution >= 0.6 is 0 Å². The monoisotopic (exact) mass is 402 g/mol. The summed E-state index contributed by atoms with van der Waals surface area (Å²) in [4.78, 5) is 35.1. The van der Waals surface area contributed by atoms with Gasteiger partial charge >= 0.3 is 0 Å². The lowest BCUT2D eigenvalue weighted by atomic mass is 10.0. The fourth-order valence-electron chi connectivity index (χ4n) is 3.25. The molecule has 0 bridgehead atoms. The van der Waals surface area contributed by atoms with E-state index in [2.05, 4.69) is 15.3 Å². The molecule has 0 saturated carbocycles. The molecular formula is C24H26N4O2. The minimum absolute atomic E-state index is 0.0463. The first-order valence-corrected chi connectivity index (χ1v) is 9.90. The highest BCUT2D eigenvalue weighted by Gasteiger charge is 2.22. The van der Waals surface area contributed by atoms with Crippen molar-refractivity contribution in [3.63, 3.8) is 0 Å². The van der Waals surface area contributed by atoms with Gasteiger partial charge in [-0.25, -0.2) is 0 Å². The smallest absolute Gasteiger partial charge is 0.225 e. The summed E-state index contributed by atoms with van der Waals surface area (Å²) < 4.78 is 0. The number of carbonyl (C=O) groups is 2. The fourth-order valence-corrected chi connectivity index (χ4v) is 3.25. The molecule has 0 aliphatic heterocycles. The first-order chi connectivity index (χ1) is 14.5. The largest absolute Gasteiger partial charge is 0.349 e. The number of aromatic nitrogens is 2. The van der Waals surface area contributed by atoms with Crippen LogP contribution in [-0.4, -0.2) is 26.7 Å². The van der Waals surface area contributed by atoms with E-state index in [4.69, 9.17) is 0 Å². The van der Waals surface area contributed by atoms with Crippen molar-refractivity contribution in [2.24, 2.45) is 0 Å². The minimum atomic E-state index is -0.385. The molecule has 0 saturated heterocycles. The average Bonchev–Trinajstić information content (AvgIpc) is 2.74. The number of nitrogens with one attached hydrogen (secondary N) is 1. The van der Waals surface area contributed by atoms with Gasteiger partial charge < -0.3 is 10.2 Å². The molecule has 3 aromatic rings. The maximum atomic E-state index is 13.3. The second-order valence-electron chi connectivity index (χ2n) is 7.33. The first-order valence-electron chi connectivity index (χ1n) is 9.90. The van der Waals surface area contributed by atoms with Gasteiger partial charge in [-0.15, -0.1) is 0 Å². The summed E-state index contributed by atoms with van der Waals surface area (Å²) in [6.45, 7) is 4.37. The SMILES string of the molecule is CC(=O)NC(CC(=O)N(Cc1ccncc1)Cc1cccnc1)c1ccc(C)cc1. The Morgan fingerprint density at radius 3 is 2.27 bits per heavy atom. The van der Waals surface area contributed by atoms with E-state index < -0.39 is 0 Å². The van der Waals surface area contributed by atoms with Gasteiger partial charge in [0.05, 0.1) is 12.5 Å². The molecule has 0 spiro atoms. The number of carbonyl (C=O) groups excluding carboxylic acids is 2. The molecule has 3 rings (SSSR count). The lowest BCUT2D eigenvalue weighted by Crippen LogP contribution is -2.35. The zero-order chi connectivity index (χ0) is 21.3. The summed E-state index contributed by atoms with van der Waals surface area (Å²) in [5, 5.41) is 2.92. The zero-order valence-electron chi connectivity index (χ0n) is 17.3. The summed E-state index contributed by atoms with van der Waals surface area (Å²) in [6.07, 6.45) is 7.08. The molecule has 1 atom stereocenters. The highest BCUT2D eigenvalue weighted by Crippen LogP contribution is 2.21. The van der Waals surface area contributed by atoms with E-state index in [-0.39, 0.29) is 24.3 Å². The molecule has 0 aliphatic rings. The Hall–Kier alpha value is -3.54. The van der Waals surface area contributed by atoms with Crippen molar-refractivity contribution in [2.45, 2.75) is 39.4 Å². The van der Waals surface area contributed by atoms with Crippen LogP contribution in [0, 0.1) is 6.92 Å². The van der Waals surface area contributed by atoms with Crippen molar-refractivity contribution in [3.05, 3.63) is 95.6 Å². The Morgan fingerprint density at radius 2 is 1.63 bits per heavy atom. The number of aryl methyl sites for hydroxylation is 1. The average molecular weight is 402 g/mol. The van der Waals surface area contributed by atoms with Gasteiger partial charge in [0, 0.05) is 44.8 Å². The predicted molar refractivity (Wildman–Crippen MR) is 115 cm³/mol. The highest BCUT2D eigenvalue weighted by molar-refractivity contribution is 5.79. The standard InChI is InChI=1S/C24H26N4O2/c1-18-5-7-22(8-6-18)23(27-19(2)29)14-24(30)28(16-20-9-12-25-13-10-20)17-21-4-3-11-26-15-21/h3-13,15,23H,14,16-17H2,1-2H3,(H,27,29).